The van der Waals surface area contributed by atoms with Crippen LogP contribution in [-0.2, 0) is 0 Å². The Morgan fingerprint density at radius 3 is 1.46 bits per heavy atom. The van der Waals surface area contributed by atoms with Crippen LogP contribution in [0.2, 0.25) is 0 Å². The van der Waals surface area contributed by atoms with E-state index < -0.39 is 0 Å². The molecule has 0 N–H and O–H groups in total. The first kappa shape index (κ1) is 33.2. The molecule has 1 aromatic heterocycles. The summed E-state index contributed by atoms with van der Waals surface area (Å²) < 4.78 is 2.40. The van der Waals surface area contributed by atoms with Crippen LogP contribution in [0.5, 0.6) is 0 Å². The summed E-state index contributed by atoms with van der Waals surface area (Å²) in [6.45, 7) is 0. The van der Waals surface area contributed by atoms with Crippen LogP contribution >= 0.6 is 0 Å². The topological polar surface area (TPSA) is 8.17 Å². The Morgan fingerprint density at radius 1 is 0.304 bits per heavy atom. The second-order valence-corrected chi connectivity index (χ2v) is 14.1. The maximum absolute atomic E-state index is 2.46. The first-order chi connectivity index (χ1) is 27.8. The van der Waals surface area contributed by atoms with Crippen LogP contribution in [0.1, 0.15) is 0 Å². The second kappa shape index (κ2) is 14.4. The Labute approximate surface area is 327 Å². The fraction of sp³-hybridized carbons (Fsp3) is 0. The highest BCUT2D eigenvalue weighted by Gasteiger charge is 2.23. The lowest BCUT2D eigenvalue weighted by Gasteiger charge is -2.30. The molecule has 0 aliphatic heterocycles. The molecule has 0 aliphatic carbocycles. The molecular weight excluding hydrogens is 677 g/mol. The maximum Gasteiger partial charge on any atom is 0.0561 e. The third-order valence-corrected chi connectivity index (χ3v) is 10.8. The van der Waals surface area contributed by atoms with Gasteiger partial charge in [-0.1, -0.05) is 182 Å². The number of hydrogen-bond donors (Lipinski definition) is 0. The van der Waals surface area contributed by atoms with Gasteiger partial charge in [0, 0.05) is 33.4 Å². The van der Waals surface area contributed by atoms with E-state index in [1.54, 1.807) is 0 Å². The molecule has 0 bridgehead atoms. The van der Waals surface area contributed by atoms with Crippen molar-refractivity contribution in [3.8, 4) is 50.2 Å². The second-order valence-electron chi connectivity index (χ2n) is 14.1. The predicted octanol–water partition coefficient (Wildman–Crippen LogP) is 14.9. The lowest BCUT2D eigenvalue weighted by Crippen LogP contribution is -2.12. The van der Waals surface area contributed by atoms with Crippen LogP contribution in [0, 0.1) is 0 Å². The summed E-state index contributed by atoms with van der Waals surface area (Å²) in [4.78, 5) is 2.46. The Balaban J connectivity index is 1.29. The zero-order valence-corrected chi connectivity index (χ0v) is 30.8. The number of hydrogen-bond acceptors (Lipinski definition) is 1. The minimum absolute atomic E-state index is 1.08. The van der Waals surface area contributed by atoms with Crippen molar-refractivity contribution < 1.29 is 0 Å². The monoisotopic (exact) mass is 714 g/mol. The standard InChI is InChI=1S/C54H38N2/c1-6-19-39(20-7-1)46-35-33-44(37-50(46)41-23-10-3-11-24-41)55(52-32-18-30-47(40-21-8-2-9-22-40)54(52)42-25-12-4-13-26-42)45-34-36-49-48-29-16-17-31-51(48)56(53(49)38-45)43-27-14-5-15-28-43/h1-38H. The first-order valence-corrected chi connectivity index (χ1v) is 19.2. The van der Waals surface area contributed by atoms with Crippen LogP contribution in [0.4, 0.5) is 17.1 Å². The molecule has 1 heterocycles. The first-order valence-electron chi connectivity index (χ1n) is 19.2. The van der Waals surface area contributed by atoms with Crippen molar-refractivity contribution in [3.05, 3.63) is 231 Å². The number of rotatable bonds is 8. The smallest absolute Gasteiger partial charge is 0.0561 e. The highest BCUT2D eigenvalue weighted by molar-refractivity contribution is 6.11. The van der Waals surface area contributed by atoms with Crippen LogP contribution in [-0.4, -0.2) is 4.57 Å². The normalized spacial score (nSPS) is 11.2. The van der Waals surface area contributed by atoms with Gasteiger partial charge < -0.3 is 9.47 Å². The molecule has 10 aromatic rings. The van der Waals surface area contributed by atoms with Gasteiger partial charge in [-0.15, -0.1) is 0 Å². The molecule has 264 valence electrons. The van der Waals surface area contributed by atoms with Crippen molar-refractivity contribution in [2.45, 2.75) is 0 Å². The molecule has 0 unspecified atom stereocenters. The van der Waals surface area contributed by atoms with E-state index in [0.717, 1.165) is 33.8 Å². The highest BCUT2D eigenvalue weighted by Crippen LogP contribution is 2.48. The van der Waals surface area contributed by atoms with Gasteiger partial charge in [0.05, 0.1) is 16.7 Å². The van der Waals surface area contributed by atoms with Crippen molar-refractivity contribution >= 4 is 38.9 Å². The summed E-state index contributed by atoms with van der Waals surface area (Å²) >= 11 is 0. The molecule has 9 aromatic carbocycles. The van der Waals surface area contributed by atoms with E-state index >= 15 is 0 Å². The molecule has 0 aliphatic rings. The van der Waals surface area contributed by atoms with E-state index in [2.05, 4.69) is 240 Å². The lowest BCUT2D eigenvalue weighted by molar-refractivity contribution is 1.18. The van der Waals surface area contributed by atoms with Gasteiger partial charge in [-0.2, -0.15) is 0 Å². The van der Waals surface area contributed by atoms with Crippen LogP contribution < -0.4 is 4.90 Å². The van der Waals surface area contributed by atoms with Crippen LogP contribution in [0.25, 0.3) is 72.0 Å². The summed E-state index contributed by atoms with van der Waals surface area (Å²) in [6.07, 6.45) is 0. The van der Waals surface area contributed by atoms with E-state index in [0.29, 0.717) is 0 Å². The largest absolute Gasteiger partial charge is 0.310 e. The predicted molar refractivity (Wildman–Crippen MR) is 237 cm³/mol. The van der Waals surface area contributed by atoms with Gasteiger partial charge in [0.1, 0.15) is 0 Å². The van der Waals surface area contributed by atoms with Crippen LogP contribution in [0.3, 0.4) is 0 Å². The zero-order chi connectivity index (χ0) is 37.3. The molecule has 0 fully saturated rings. The molecule has 10 rings (SSSR count). The van der Waals surface area contributed by atoms with Crippen LogP contribution in [0.15, 0.2) is 231 Å². The van der Waals surface area contributed by atoms with Gasteiger partial charge in [0.15, 0.2) is 0 Å². The summed E-state index contributed by atoms with van der Waals surface area (Å²) in [7, 11) is 0. The van der Waals surface area contributed by atoms with E-state index in [1.807, 2.05) is 0 Å². The van der Waals surface area contributed by atoms with E-state index in [1.165, 1.54) is 55.2 Å². The number of para-hydroxylation sites is 2. The van der Waals surface area contributed by atoms with Crippen molar-refractivity contribution in [1.29, 1.82) is 0 Å². The Morgan fingerprint density at radius 2 is 0.804 bits per heavy atom. The molecule has 0 spiro atoms. The third kappa shape index (κ3) is 5.95. The molecular formula is C54H38N2. The number of fused-ring (bicyclic) bond motifs is 3. The summed E-state index contributed by atoms with van der Waals surface area (Å²) in [5.74, 6) is 0. The Hall–Kier alpha value is -7.42. The zero-order valence-electron chi connectivity index (χ0n) is 30.8. The maximum atomic E-state index is 2.46. The summed E-state index contributed by atoms with van der Waals surface area (Å²) in [5, 5.41) is 2.46. The van der Waals surface area contributed by atoms with Crippen molar-refractivity contribution in [3.63, 3.8) is 0 Å². The summed E-state index contributed by atoms with van der Waals surface area (Å²) in [5.41, 5.74) is 16.2. The molecule has 0 atom stereocenters. The van der Waals surface area contributed by atoms with Gasteiger partial charge in [-0.05, 0) is 87.5 Å². The number of anilines is 3. The van der Waals surface area contributed by atoms with Crippen molar-refractivity contribution in [2.75, 3.05) is 4.90 Å². The lowest BCUT2D eigenvalue weighted by atomic mass is 9.91. The van der Waals surface area contributed by atoms with E-state index in [4.69, 9.17) is 0 Å². The minimum Gasteiger partial charge on any atom is -0.310 e. The van der Waals surface area contributed by atoms with Crippen molar-refractivity contribution in [1.82, 2.24) is 4.57 Å². The van der Waals surface area contributed by atoms with E-state index in [-0.39, 0.29) is 0 Å². The number of benzene rings is 9. The average molecular weight is 715 g/mol. The van der Waals surface area contributed by atoms with Gasteiger partial charge in [-0.3, -0.25) is 0 Å². The summed E-state index contributed by atoms with van der Waals surface area (Å²) in [6, 6.07) is 83.2. The molecule has 2 nitrogen and oxygen atoms in total. The minimum atomic E-state index is 1.08. The van der Waals surface area contributed by atoms with Gasteiger partial charge in [0.25, 0.3) is 0 Å². The number of aromatic nitrogens is 1. The number of nitrogens with zero attached hydrogens (tertiary/aromatic N) is 2. The molecule has 0 amide bonds. The average Bonchev–Trinajstić information content (AvgIpc) is 3.61. The Bertz CT molecular complexity index is 2930. The quantitative estimate of drug-likeness (QED) is 0.152. The van der Waals surface area contributed by atoms with Gasteiger partial charge in [-0.25, -0.2) is 0 Å². The Kier molecular flexibility index (Phi) is 8.55. The third-order valence-electron chi connectivity index (χ3n) is 10.8. The van der Waals surface area contributed by atoms with E-state index in [9.17, 15) is 0 Å². The van der Waals surface area contributed by atoms with Gasteiger partial charge >= 0.3 is 0 Å². The fourth-order valence-electron chi connectivity index (χ4n) is 8.27. The molecule has 0 saturated heterocycles. The molecule has 0 radical (unpaired) electrons. The molecule has 2 heteroatoms. The molecule has 0 saturated carbocycles. The highest BCUT2D eigenvalue weighted by atomic mass is 15.1. The van der Waals surface area contributed by atoms with Gasteiger partial charge in [0.2, 0.25) is 0 Å². The fourth-order valence-corrected chi connectivity index (χ4v) is 8.27. The molecule has 56 heavy (non-hydrogen) atoms. The SMILES string of the molecule is c1ccc(-c2ccc(N(c3ccc4c5ccccc5n(-c5ccccc5)c4c3)c3cccc(-c4ccccc4)c3-c3ccccc3)cc2-c2ccccc2)cc1. The van der Waals surface area contributed by atoms with Crippen molar-refractivity contribution in [2.24, 2.45) is 0 Å².